The highest BCUT2D eigenvalue weighted by Crippen LogP contribution is 2.33. The van der Waals surface area contributed by atoms with Gasteiger partial charge >= 0.3 is 0 Å². The molecule has 0 aliphatic rings. The van der Waals surface area contributed by atoms with Crippen LogP contribution in [0.25, 0.3) is 0 Å². The van der Waals surface area contributed by atoms with Gasteiger partial charge in [0.05, 0.1) is 22.5 Å². The van der Waals surface area contributed by atoms with E-state index in [0.29, 0.717) is 5.92 Å². The van der Waals surface area contributed by atoms with Crippen LogP contribution in [0.4, 0.5) is 0 Å². The molecule has 0 fully saturated rings. The van der Waals surface area contributed by atoms with E-state index in [1.807, 2.05) is 7.05 Å². The van der Waals surface area contributed by atoms with Crippen LogP contribution in [-0.2, 0) is 7.05 Å². The molecule has 0 aliphatic heterocycles. The van der Waals surface area contributed by atoms with Crippen LogP contribution in [0.2, 0.25) is 0 Å². The number of rotatable bonds is 6. The fourth-order valence-electron chi connectivity index (χ4n) is 2.18. The third kappa shape index (κ3) is 3.08. The zero-order valence-corrected chi connectivity index (χ0v) is 11.9. The average Bonchev–Trinajstić information content (AvgIpc) is 2.57. The first-order valence-electron chi connectivity index (χ1n) is 5.97. The van der Waals surface area contributed by atoms with Crippen LogP contribution < -0.4 is 0 Å². The molecule has 92 valence electrons. The van der Waals surface area contributed by atoms with Crippen molar-refractivity contribution in [3.05, 3.63) is 16.4 Å². The third-order valence-corrected chi connectivity index (χ3v) is 3.59. The number of aromatic nitrogens is 2. The standard InChI is InChI=1S/C12H21BrN2O/c1-4-6-9(7-5-2)12(16)11-10(13)8-14-15(11)3/h8-9,12,16H,4-7H2,1-3H3. The van der Waals surface area contributed by atoms with Crippen LogP contribution in [0.3, 0.4) is 0 Å². The van der Waals surface area contributed by atoms with Gasteiger partial charge in [-0.25, -0.2) is 0 Å². The Morgan fingerprint density at radius 1 is 1.38 bits per heavy atom. The summed E-state index contributed by atoms with van der Waals surface area (Å²) in [6.07, 6.45) is 5.67. The van der Waals surface area contributed by atoms with Crippen molar-refractivity contribution in [2.45, 2.75) is 45.6 Å². The lowest BCUT2D eigenvalue weighted by Crippen LogP contribution is -2.16. The Balaban J connectivity index is 2.84. The molecule has 1 unspecified atom stereocenters. The van der Waals surface area contributed by atoms with E-state index in [4.69, 9.17) is 0 Å². The maximum absolute atomic E-state index is 10.4. The topological polar surface area (TPSA) is 38.1 Å². The first kappa shape index (κ1) is 13.7. The number of hydrogen-bond donors (Lipinski definition) is 1. The molecule has 0 spiro atoms. The molecule has 1 heterocycles. The fraction of sp³-hybridized carbons (Fsp3) is 0.750. The molecule has 0 bridgehead atoms. The Morgan fingerprint density at radius 3 is 2.31 bits per heavy atom. The quantitative estimate of drug-likeness (QED) is 0.871. The summed E-state index contributed by atoms with van der Waals surface area (Å²) in [5, 5.41) is 14.6. The normalized spacial score (nSPS) is 13.4. The number of aliphatic hydroxyl groups is 1. The highest BCUT2D eigenvalue weighted by atomic mass is 79.9. The predicted octanol–water partition coefficient (Wildman–Crippen LogP) is 3.43. The van der Waals surface area contributed by atoms with E-state index in [1.165, 1.54) is 0 Å². The number of halogens is 1. The van der Waals surface area contributed by atoms with E-state index in [2.05, 4.69) is 34.9 Å². The summed E-state index contributed by atoms with van der Waals surface area (Å²) in [6, 6.07) is 0. The van der Waals surface area contributed by atoms with Gasteiger partial charge in [-0.3, -0.25) is 4.68 Å². The van der Waals surface area contributed by atoms with Gasteiger partial charge in [-0.1, -0.05) is 26.7 Å². The molecule has 1 N–H and O–H groups in total. The molecule has 1 rings (SSSR count). The summed E-state index contributed by atoms with van der Waals surface area (Å²) in [5.41, 5.74) is 0.895. The van der Waals surface area contributed by atoms with Gasteiger partial charge in [0.1, 0.15) is 0 Å². The van der Waals surface area contributed by atoms with E-state index in [9.17, 15) is 5.11 Å². The molecule has 16 heavy (non-hydrogen) atoms. The summed E-state index contributed by atoms with van der Waals surface area (Å²) >= 11 is 3.44. The van der Waals surface area contributed by atoms with Crippen molar-refractivity contribution < 1.29 is 5.11 Å². The predicted molar refractivity (Wildman–Crippen MR) is 69.2 cm³/mol. The first-order chi connectivity index (χ1) is 7.61. The van der Waals surface area contributed by atoms with Crippen LogP contribution in [0, 0.1) is 5.92 Å². The van der Waals surface area contributed by atoms with Crippen LogP contribution in [0.15, 0.2) is 10.7 Å². The number of hydrogen-bond acceptors (Lipinski definition) is 2. The van der Waals surface area contributed by atoms with E-state index in [1.54, 1.807) is 10.9 Å². The van der Waals surface area contributed by atoms with Crippen LogP contribution in [0.1, 0.15) is 51.3 Å². The Hall–Kier alpha value is -0.350. The molecule has 1 aromatic rings. The van der Waals surface area contributed by atoms with Crippen molar-refractivity contribution in [3.8, 4) is 0 Å². The van der Waals surface area contributed by atoms with Crippen LogP contribution >= 0.6 is 15.9 Å². The molecule has 1 aromatic heterocycles. The van der Waals surface area contributed by atoms with Gasteiger partial charge in [-0.15, -0.1) is 0 Å². The summed E-state index contributed by atoms with van der Waals surface area (Å²) in [6.45, 7) is 4.32. The van der Waals surface area contributed by atoms with E-state index in [-0.39, 0.29) is 0 Å². The lowest BCUT2D eigenvalue weighted by atomic mass is 9.90. The number of nitrogens with zero attached hydrogens (tertiary/aromatic N) is 2. The molecule has 1 atom stereocenters. The Labute approximate surface area is 106 Å². The molecule has 0 saturated heterocycles. The van der Waals surface area contributed by atoms with Gasteiger partial charge < -0.3 is 5.11 Å². The van der Waals surface area contributed by atoms with Crippen LogP contribution in [0.5, 0.6) is 0 Å². The van der Waals surface area contributed by atoms with E-state index >= 15 is 0 Å². The zero-order chi connectivity index (χ0) is 12.1. The Bertz CT molecular complexity index is 299. The molecule has 0 radical (unpaired) electrons. The summed E-state index contributed by atoms with van der Waals surface area (Å²) < 4.78 is 2.66. The number of aliphatic hydroxyl groups excluding tert-OH is 1. The average molecular weight is 289 g/mol. The maximum atomic E-state index is 10.4. The van der Waals surface area contributed by atoms with Crippen molar-refractivity contribution in [3.63, 3.8) is 0 Å². The maximum Gasteiger partial charge on any atom is 0.0996 e. The Morgan fingerprint density at radius 2 is 1.94 bits per heavy atom. The SMILES string of the molecule is CCCC(CCC)C(O)c1c(Br)cnn1C. The minimum Gasteiger partial charge on any atom is -0.386 e. The molecule has 0 aliphatic carbocycles. The van der Waals surface area contributed by atoms with E-state index < -0.39 is 6.10 Å². The number of aryl methyl sites for hydroxylation is 1. The van der Waals surface area contributed by atoms with Gasteiger partial charge in [-0.2, -0.15) is 5.10 Å². The molecular formula is C12H21BrN2O. The van der Waals surface area contributed by atoms with Crippen molar-refractivity contribution in [2.24, 2.45) is 13.0 Å². The summed E-state index contributed by atoms with van der Waals surface area (Å²) in [5.74, 6) is 0.335. The van der Waals surface area contributed by atoms with Crippen LogP contribution in [-0.4, -0.2) is 14.9 Å². The Kier molecular flexibility index (Phi) is 5.49. The first-order valence-corrected chi connectivity index (χ1v) is 6.76. The molecular weight excluding hydrogens is 268 g/mol. The molecule has 0 amide bonds. The monoisotopic (exact) mass is 288 g/mol. The van der Waals surface area contributed by atoms with Crippen molar-refractivity contribution in [1.29, 1.82) is 0 Å². The van der Waals surface area contributed by atoms with Gasteiger partial charge in [0.25, 0.3) is 0 Å². The minimum absolute atomic E-state index is 0.335. The third-order valence-electron chi connectivity index (χ3n) is 2.98. The van der Waals surface area contributed by atoms with Crippen molar-refractivity contribution >= 4 is 15.9 Å². The van der Waals surface area contributed by atoms with Gasteiger partial charge in [-0.05, 0) is 34.7 Å². The lowest BCUT2D eigenvalue weighted by Gasteiger charge is -2.22. The summed E-state index contributed by atoms with van der Waals surface area (Å²) in [7, 11) is 1.87. The largest absolute Gasteiger partial charge is 0.386 e. The lowest BCUT2D eigenvalue weighted by molar-refractivity contribution is 0.0881. The molecule has 3 nitrogen and oxygen atoms in total. The van der Waals surface area contributed by atoms with Gasteiger partial charge in [0.15, 0.2) is 0 Å². The minimum atomic E-state index is -0.415. The molecule has 0 aromatic carbocycles. The van der Waals surface area contributed by atoms with Gasteiger partial charge in [0.2, 0.25) is 0 Å². The highest BCUT2D eigenvalue weighted by molar-refractivity contribution is 9.10. The molecule has 4 heteroatoms. The second kappa shape index (κ2) is 6.40. The summed E-state index contributed by atoms with van der Waals surface area (Å²) in [4.78, 5) is 0. The van der Waals surface area contributed by atoms with Crippen molar-refractivity contribution in [1.82, 2.24) is 9.78 Å². The molecule has 0 saturated carbocycles. The second-order valence-electron chi connectivity index (χ2n) is 4.28. The zero-order valence-electron chi connectivity index (χ0n) is 10.3. The van der Waals surface area contributed by atoms with Gasteiger partial charge in [0, 0.05) is 7.05 Å². The highest BCUT2D eigenvalue weighted by Gasteiger charge is 2.24. The van der Waals surface area contributed by atoms with E-state index in [0.717, 1.165) is 35.8 Å². The second-order valence-corrected chi connectivity index (χ2v) is 5.14. The smallest absolute Gasteiger partial charge is 0.0996 e. The van der Waals surface area contributed by atoms with Crippen molar-refractivity contribution in [2.75, 3.05) is 0 Å². The fourth-order valence-corrected chi connectivity index (χ4v) is 2.76.